The minimum atomic E-state index is -0.222. The summed E-state index contributed by atoms with van der Waals surface area (Å²) in [5.74, 6) is 0.639. The predicted octanol–water partition coefficient (Wildman–Crippen LogP) is 4.75. The number of rotatable bonds is 8. The van der Waals surface area contributed by atoms with Crippen LogP contribution in [0.1, 0.15) is 25.3 Å². The van der Waals surface area contributed by atoms with Gasteiger partial charge in [-0.3, -0.25) is 0 Å². The Kier molecular flexibility index (Phi) is 6.35. The summed E-state index contributed by atoms with van der Waals surface area (Å²) in [6.45, 7) is 4.05. The van der Waals surface area contributed by atoms with E-state index in [0.717, 1.165) is 60.2 Å². The molecule has 0 unspecified atom stereocenters. The van der Waals surface area contributed by atoms with Gasteiger partial charge >= 0.3 is 0 Å². The molecule has 0 aliphatic carbocycles. The SMILES string of the molecule is CCCc1cc(-c2ccc(F)cc2)cc2c(NCCCN(C)C)ncnc12. The first-order chi connectivity index (χ1) is 13.1. The van der Waals surface area contributed by atoms with Crippen molar-refractivity contribution in [3.05, 3.63) is 54.1 Å². The highest BCUT2D eigenvalue weighted by atomic mass is 19.1. The molecular weight excluding hydrogens is 339 g/mol. The van der Waals surface area contributed by atoms with Crippen molar-refractivity contribution < 1.29 is 4.39 Å². The van der Waals surface area contributed by atoms with Gasteiger partial charge in [0.15, 0.2) is 0 Å². The van der Waals surface area contributed by atoms with E-state index in [2.05, 4.69) is 53.3 Å². The van der Waals surface area contributed by atoms with Crippen LogP contribution in [0.3, 0.4) is 0 Å². The average molecular weight is 366 g/mol. The zero-order valence-corrected chi connectivity index (χ0v) is 16.3. The van der Waals surface area contributed by atoms with Crippen LogP contribution < -0.4 is 5.32 Å². The van der Waals surface area contributed by atoms with Gasteiger partial charge in [-0.2, -0.15) is 0 Å². The average Bonchev–Trinajstić information content (AvgIpc) is 2.66. The summed E-state index contributed by atoms with van der Waals surface area (Å²) >= 11 is 0. The highest BCUT2D eigenvalue weighted by molar-refractivity contribution is 5.94. The van der Waals surface area contributed by atoms with Crippen molar-refractivity contribution in [2.75, 3.05) is 32.5 Å². The van der Waals surface area contributed by atoms with Crippen LogP contribution in [0.25, 0.3) is 22.0 Å². The second kappa shape index (κ2) is 8.91. The number of hydrogen-bond acceptors (Lipinski definition) is 4. The molecule has 0 saturated heterocycles. The van der Waals surface area contributed by atoms with Crippen LogP contribution in [0, 0.1) is 5.82 Å². The lowest BCUT2D eigenvalue weighted by Gasteiger charge is -2.14. The van der Waals surface area contributed by atoms with Gasteiger partial charge in [-0.1, -0.05) is 25.5 Å². The Balaban J connectivity index is 2.00. The van der Waals surface area contributed by atoms with Gasteiger partial charge < -0.3 is 10.2 Å². The highest BCUT2D eigenvalue weighted by Crippen LogP contribution is 2.30. The third-order valence-electron chi connectivity index (χ3n) is 4.59. The molecule has 0 atom stereocenters. The Hall–Kier alpha value is -2.53. The molecule has 3 aromatic rings. The molecule has 27 heavy (non-hydrogen) atoms. The van der Waals surface area contributed by atoms with Gasteiger partial charge in [0.1, 0.15) is 18.0 Å². The smallest absolute Gasteiger partial charge is 0.137 e. The number of aromatic nitrogens is 2. The molecular formula is C22H27FN4. The number of benzene rings is 2. The van der Waals surface area contributed by atoms with E-state index in [1.165, 1.54) is 17.7 Å². The molecule has 0 fully saturated rings. The van der Waals surface area contributed by atoms with Crippen molar-refractivity contribution in [3.8, 4) is 11.1 Å². The van der Waals surface area contributed by atoms with E-state index in [4.69, 9.17) is 0 Å². The van der Waals surface area contributed by atoms with E-state index in [1.54, 1.807) is 6.33 Å². The fourth-order valence-corrected chi connectivity index (χ4v) is 3.25. The van der Waals surface area contributed by atoms with Crippen LogP contribution in [-0.4, -0.2) is 42.1 Å². The summed E-state index contributed by atoms with van der Waals surface area (Å²) in [5, 5.41) is 4.48. The van der Waals surface area contributed by atoms with Crippen LogP contribution in [0.2, 0.25) is 0 Å². The first kappa shape index (κ1) is 19.2. The zero-order chi connectivity index (χ0) is 19.2. The van der Waals surface area contributed by atoms with Gasteiger partial charge in [0.05, 0.1) is 5.52 Å². The van der Waals surface area contributed by atoms with Gasteiger partial charge in [0, 0.05) is 11.9 Å². The van der Waals surface area contributed by atoms with Crippen molar-refractivity contribution in [2.45, 2.75) is 26.2 Å². The number of nitrogens with zero attached hydrogens (tertiary/aromatic N) is 3. The van der Waals surface area contributed by atoms with Crippen LogP contribution in [-0.2, 0) is 6.42 Å². The topological polar surface area (TPSA) is 41.0 Å². The molecule has 1 aromatic heterocycles. The quantitative estimate of drug-likeness (QED) is 0.584. The first-order valence-electron chi connectivity index (χ1n) is 9.50. The summed E-state index contributed by atoms with van der Waals surface area (Å²) in [6, 6.07) is 10.9. The fourth-order valence-electron chi connectivity index (χ4n) is 3.25. The number of fused-ring (bicyclic) bond motifs is 1. The summed E-state index contributed by atoms with van der Waals surface area (Å²) in [7, 11) is 4.15. The Bertz CT molecular complexity index is 891. The van der Waals surface area contributed by atoms with Gasteiger partial charge in [-0.15, -0.1) is 0 Å². The lowest BCUT2D eigenvalue weighted by Crippen LogP contribution is -2.16. The number of halogens is 1. The lowest BCUT2D eigenvalue weighted by molar-refractivity contribution is 0.405. The molecule has 2 aromatic carbocycles. The summed E-state index contributed by atoms with van der Waals surface area (Å²) in [6.07, 6.45) is 4.66. The van der Waals surface area contributed by atoms with Crippen LogP contribution in [0.4, 0.5) is 10.2 Å². The molecule has 0 saturated carbocycles. The standard InChI is InChI=1S/C22H27FN4/c1-4-6-17-13-18(16-7-9-19(23)10-8-16)14-20-21(17)25-15-26-22(20)24-11-5-12-27(2)3/h7-10,13-15H,4-6,11-12H2,1-3H3,(H,24,25,26). The van der Waals surface area contributed by atoms with Gasteiger partial charge in [-0.05, 0) is 74.4 Å². The maximum absolute atomic E-state index is 13.3. The number of anilines is 1. The first-order valence-corrected chi connectivity index (χ1v) is 9.50. The normalized spacial score (nSPS) is 11.3. The molecule has 0 aliphatic heterocycles. The molecule has 5 heteroatoms. The molecule has 0 amide bonds. The van der Waals surface area contributed by atoms with Crippen molar-refractivity contribution in [2.24, 2.45) is 0 Å². The van der Waals surface area contributed by atoms with Gasteiger partial charge in [0.25, 0.3) is 0 Å². The molecule has 0 spiro atoms. The van der Waals surface area contributed by atoms with Crippen molar-refractivity contribution in [1.29, 1.82) is 0 Å². The van der Waals surface area contributed by atoms with Crippen LogP contribution in [0.5, 0.6) is 0 Å². The van der Waals surface area contributed by atoms with E-state index < -0.39 is 0 Å². The van der Waals surface area contributed by atoms with Crippen molar-refractivity contribution >= 4 is 16.7 Å². The second-order valence-electron chi connectivity index (χ2n) is 7.09. The van der Waals surface area contributed by atoms with E-state index in [0.29, 0.717) is 0 Å². The fraction of sp³-hybridized carbons (Fsp3) is 0.364. The van der Waals surface area contributed by atoms with E-state index in [9.17, 15) is 4.39 Å². The summed E-state index contributed by atoms with van der Waals surface area (Å²) in [5.41, 5.74) is 4.26. The Morgan fingerprint density at radius 2 is 1.81 bits per heavy atom. The lowest BCUT2D eigenvalue weighted by atomic mass is 9.97. The minimum Gasteiger partial charge on any atom is -0.369 e. The largest absolute Gasteiger partial charge is 0.369 e. The third kappa shape index (κ3) is 4.80. The molecule has 1 heterocycles. The van der Waals surface area contributed by atoms with Crippen molar-refractivity contribution in [1.82, 2.24) is 14.9 Å². The molecule has 4 nitrogen and oxygen atoms in total. The van der Waals surface area contributed by atoms with E-state index >= 15 is 0 Å². The highest BCUT2D eigenvalue weighted by Gasteiger charge is 2.11. The number of hydrogen-bond donors (Lipinski definition) is 1. The van der Waals surface area contributed by atoms with Crippen molar-refractivity contribution in [3.63, 3.8) is 0 Å². The summed E-state index contributed by atoms with van der Waals surface area (Å²) < 4.78 is 13.3. The number of aryl methyl sites for hydroxylation is 1. The molecule has 0 radical (unpaired) electrons. The number of nitrogens with one attached hydrogen (secondary N) is 1. The summed E-state index contributed by atoms with van der Waals surface area (Å²) in [4.78, 5) is 11.2. The zero-order valence-electron chi connectivity index (χ0n) is 16.3. The van der Waals surface area contributed by atoms with E-state index in [1.807, 2.05) is 12.1 Å². The third-order valence-corrected chi connectivity index (χ3v) is 4.59. The molecule has 3 rings (SSSR count). The molecule has 1 N–H and O–H groups in total. The maximum atomic E-state index is 13.3. The van der Waals surface area contributed by atoms with Crippen LogP contribution >= 0.6 is 0 Å². The van der Waals surface area contributed by atoms with Gasteiger partial charge in [0.2, 0.25) is 0 Å². The monoisotopic (exact) mass is 366 g/mol. The molecule has 142 valence electrons. The minimum absolute atomic E-state index is 0.222. The second-order valence-corrected chi connectivity index (χ2v) is 7.09. The Morgan fingerprint density at radius 3 is 2.52 bits per heavy atom. The Labute approximate surface area is 160 Å². The van der Waals surface area contributed by atoms with E-state index in [-0.39, 0.29) is 5.82 Å². The predicted molar refractivity (Wildman–Crippen MR) is 111 cm³/mol. The molecule has 0 aliphatic rings. The maximum Gasteiger partial charge on any atom is 0.137 e. The Morgan fingerprint density at radius 1 is 1.04 bits per heavy atom. The molecule has 0 bridgehead atoms. The van der Waals surface area contributed by atoms with Gasteiger partial charge in [-0.25, -0.2) is 14.4 Å². The van der Waals surface area contributed by atoms with Crippen LogP contribution in [0.15, 0.2) is 42.7 Å².